The number of aliphatic hydroxyl groups excluding tert-OH is 1. The molecule has 0 saturated heterocycles. The fourth-order valence-corrected chi connectivity index (χ4v) is 11.6. The van der Waals surface area contributed by atoms with Crippen molar-refractivity contribution in [2.75, 3.05) is 39.6 Å². The smallest absolute Gasteiger partial charge is 0.462 e. The van der Waals surface area contributed by atoms with E-state index in [0.29, 0.717) is 25.7 Å². The Balaban J connectivity index is 5.22. The molecule has 19 heteroatoms. The minimum Gasteiger partial charge on any atom is -0.462 e. The van der Waals surface area contributed by atoms with Crippen molar-refractivity contribution in [2.45, 2.75) is 355 Å². The fourth-order valence-electron chi connectivity index (χ4n) is 10.0. The van der Waals surface area contributed by atoms with Gasteiger partial charge in [0.25, 0.3) is 0 Å². The number of carbonyl (C=O) groups excluding carboxylic acids is 4. The van der Waals surface area contributed by atoms with Gasteiger partial charge in [0.05, 0.1) is 26.4 Å². The molecule has 0 saturated carbocycles. The van der Waals surface area contributed by atoms with Crippen molar-refractivity contribution in [1.82, 2.24) is 0 Å². The predicted octanol–water partition coefficient (Wildman–Crippen LogP) is 18.8. The summed E-state index contributed by atoms with van der Waals surface area (Å²) in [5.41, 5.74) is 0. The van der Waals surface area contributed by atoms with Crippen molar-refractivity contribution in [3.8, 4) is 0 Å². The topological polar surface area (TPSA) is 237 Å². The first-order chi connectivity index (χ1) is 41.4. The van der Waals surface area contributed by atoms with Crippen LogP contribution in [0.4, 0.5) is 0 Å². The average molecular weight is 1270 g/mol. The third-order valence-corrected chi connectivity index (χ3v) is 17.7. The van der Waals surface area contributed by atoms with Crippen molar-refractivity contribution in [3.05, 3.63) is 0 Å². The van der Waals surface area contributed by atoms with Crippen molar-refractivity contribution < 1.29 is 80.2 Å². The summed E-state index contributed by atoms with van der Waals surface area (Å²) in [4.78, 5) is 72.3. The molecule has 3 unspecified atom stereocenters. The highest BCUT2D eigenvalue weighted by molar-refractivity contribution is 7.47. The highest BCUT2D eigenvalue weighted by atomic mass is 31.2. The molecule has 0 aromatic rings. The largest absolute Gasteiger partial charge is 0.472 e. The van der Waals surface area contributed by atoms with Crippen molar-refractivity contribution >= 4 is 39.5 Å². The lowest BCUT2D eigenvalue weighted by Gasteiger charge is -2.21. The van der Waals surface area contributed by atoms with Gasteiger partial charge in [0.15, 0.2) is 12.2 Å². The number of phosphoric ester groups is 2. The minimum absolute atomic E-state index is 0.105. The minimum atomic E-state index is -4.95. The molecule has 0 bridgehead atoms. The third-order valence-electron chi connectivity index (χ3n) is 15.8. The molecular formula is C67H130O17P2. The van der Waals surface area contributed by atoms with Crippen LogP contribution < -0.4 is 0 Å². The maximum absolute atomic E-state index is 13.0. The Morgan fingerprint density at radius 3 is 0.884 bits per heavy atom. The van der Waals surface area contributed by atoms with E-state index in [9.17, 15) is 43.2 Å². The first-order valence-electron chi connectivity index (χ1n) is 35.0. The van der Waals surface area contributed by atoms with Gasteiger partial charge in [-0.2, -0.15) is 0 Å². The normalized spacial score (nSPS) is 14.5. The van der Waals surface area contributed by atoms with Gasteiger partial charge in [0.2, 0.25) is 0 Å². The first-order valence-corrected chi connectivity index (χ1v) is 38.0. The van der Waals surface area contributed by atoms with Crippen LogP contribution in [0.2, 0.25) is 0 Å². The molecule has 86 heavy (non-hydrogen) atoms. The van der Waals surface area contributed by atoms with Crippen LogP contribution in [0.5, 0.6) is 0 Å². The maximum atomic E-state index is 13.0. The number of rotatable bonds is 66. The molecule has 0 aromatic carbocycles. The summed E-state index contributed by atoms with van der Waals surface area (Å²) in [5.74, 6) is -0.545. The van der Waals surface area contributed by atoms with Crippen LogP contribution in [0.3, 0.4) is 0 Å². The van der Waals surface area contributed by atoms with E-state index >= 15 is 0 Å². The molecule has 0 aromatic heterocycles. The first kappa shape index (κ1) is 84.1. The summed E-state index contributed by atoms with van der Waals surface area (Å²) in [6.45, 7) is 9.52. The Morgan fingerprint density at radius 2 is 0.593 bits per heavy atom. The Morgan fingerprint density at radius 1 is 0.337 bits per heavy atom. The van der Waals surface area contributed by atoms with E-state index in [4.69, 9.17) is 37.0 Å². The van der Waals surface area contributed by atoms with Gasteiger partial charge in [-0.15, -0.1) is 0 Å². The average Bonchev–Trinajstić information content (AvgIpc) is 3.61. The summed E-state index contributed by atoms with van der Waals surface area (Å²) in [6, 6.07) is 0. The quantitative estimate of drug-likeness (QED) is 0.0222. The lowest BCUT2D eigenvalue weighted by atomic mass is 9.99. The van der Waals surface area contributed by atoms with Crippen LogP contribution in [-0.2, 0) is 65.4 Å². The van der Waals surface area contributed by atoms with Crippen LogP contribution in [0.1, 0.15) is 337 Å². The van der Waals surface area contributed by atoms with E-state index in [0.717, 1.165) is 108 Å². The molecule has 0 aliphatic carbocycles. The zero-order valence-corrected chi connectivity index (χ0v) is 57.4. The number of unbranched alkanes of at least 4 members (excludes halogenated alkanes) is 35. The number of hydrogen-bond acceptors (Lipinski definition) is 15. The van der Waals surface area contributed by atoms with Crippen molar-refractivity contribution in [3.63, 3.8) is 0 Å². The molecule has 0 aliphatic rings. The Bertz CT molecular complexity index is 1690. The highest BCUT2D eigenvalue weighted by Crippen LogP contribution is 2.45. The van der Waals surface area contributed by atoms with E-state index in [-0.39, 0.29) is 25.7 Å². The molecule has 0 spiro atoms. The van der Waals surface area contributed by atoms with Crippen LogP contribution in [0.15, 0.2) is 0 Å². The summed E-state index contributed by atoms with van der Waals surface area (Å²) < 4.78 is 68.1. The zero-order valence-electron chi connectivity index (χ0n) is 55.6. The standard InChI is InChI=1S/C67H130O17P2/c1-7-10-12-14-16-24-33-39-45-51-66(71)83-62(55-77-64(69)49-43-37-31-17-15-13-11-8-2)57-81-85(73,74)79-53-61(68)54-80-86(75,76)82-58-63(56-78-65(70)50-44-38-32-27-23-22-26-30-36-42-48-60(6)9-3)84-67(72)52-46-40-34-28-21-19-18-20-25-29-35-41-47-59(4)5/h59-63,68H,7-58H2,1-6H3,(H,73,74)(H,75,76)/t60?,61-,62+,63+/m0/s1. The van der Waals surface area contributed by atoms with Gasteiger partial charge >= 0.3 is 39.5 Å². The van der Waals surface area contributed by atoms with Gasteiger partial charge in [0.1, 0.15) is 19.3 Å². The van der Waals surface area contributed by atoms with E-state index in [2.05, 4.69) is 41.5 Å². The summed E-state index contributed by atoms with van der Waals surface area (Å²) in [6.07, 6.45) is 43.0. The lowest BCUT2D eigenvalue weighted by molar-refractivity contribution is -0.161. The van der Waals surface area contributed by atoms with Crippen molar-refractivity contribution in [1.29, 1.82) is 0 Å². The molecule has 0 aliphatic heterocycles. The summed E-state index contributed by atoms with van der Waals surface area (Å²) >= 11 is 0. The molecule has 17 nitrogen and oxygen atoms in total. The Hall–Kier alpha value is -1.94. The number of carbonyl (C=O) groups is 4. The second-order valence-electron chi connectivity index (χ2n) is 24.9. The monoisotopic (exact) mass is 1270 g/mol. The second kappa shape index (κ2) is 59.4. The summed E-state index contributed by atoms with van der Waals surface area (Å²) in [7, 11) is -9.89. The molecule has 6 atom stereocenters. The Labute approximate surface area is 524 Å². The maximum Gasteiger partial charge on any atom is 0.472 e. The number of aliphatic hydroxyl groups is 1. The molecule has 3 N–H and O–H groups in total. The fraction of sp³-hybridized carbons (Fsp3) is 0.940. The number of phosphoric acid groups is 2. The van der Waals surface area contributed by atoms with Gasteiger partial charge in [-0.25, -0.2) is 9.13 Å². The van der Waals surface area contributed by atoms with Gasteiger partial charge in [-0.1, -0.05) is 286 Å². The Kier molecular flexibility index (Phi) is 58.0. The number of ether oxygens (including phenoxy) is 4. The molecular weight excluding hydrogens is 1140 g/mol. The van der Waals surface area contributed by atoms with E-state index in [1.807, 2.05) is 0 Å². The highest BCUT2D eigenvalue weighted by Gasteiger charge is 2.30. The van der Waals surface area contributed by atoms with E-state index < -0.39 is 97.5 Å². The molecule has 0 radical (unpaired) electrons. The van der Waals surface area contributed by atoms with Gasteiger partial charge in [-0.05, 0) is 37.5 Å². The van der Waals surface area contributed by atoms with Gasteiger partial charge in [0, 0.05) is 25.7 Å². The van der Waals surface area contributed by atoms with Crippen molar-refractivity contribution in [2.24, 2.45) is 11.8 Å². The molecule has 0 amide bonds. The second-order valence-corrected chi connectivity index (χ2v) is 27.8. The van der Waals surface area contributed by atoms with Crippen LogP contribution in [0.25, 0.3) is 0 Å². The predicted molar refractivity (Wildman–Crippen MR) is 345 cm³/mol. The lowest BCUT2D eigenvalue weighted by Crippen LogP contribution is -2.30. The number of hydrogen-bond donors (Lipinski definition) is 3. The van der Waals surface area contributed by atoms with Crippen LogP contribution in [-0.4, -0.2) is 96.7 Å². The molecule has 0 heterocycles. The zero-order chi connectivity index (χ0) is 63.6. The SMILES string of the molecule is CCCCCCCCCCCC(=O)O[C@H](COC(=O)CCCCCCCCCC)COP(=O)(O)OC[C@H](O)COP(=O)(O)OC[C@@H](COC(=O)CCCCCCCCCCCCC(C)CC)OC(=O)CCCCCCCCCCCCCCC(C)C. The van der Waals surface area contributed by atoms with Crippen LogP contribution >= 0.6 is 15.6 Å². The third kappa shape index (κ3) is 59.7. The summed E-state index contributed by atoms with van der Waals surface area (Å²) in [5, 5.41) is 10.5. The molecule has 0 rings (SSSR count). The molecule has 0 fully saturated rings. The van der Waals surface area contributed by atoms with Gasteiger partial charge < -0.3 is 33.8 Å². The molecule has 510 valence electrons. The van der Waals surface area contributed by atoms with Gasteiger partial charge in [-0.3, -0.25) is 37.3 Å². The van der Waals surface area contributed by atoms with E-state index in [1.54, 1.807) is 0 Å². The van der Waals surface area contributed by atoms with Crippen LogP contribution in [0, 0.1) is 11.8 Å². The van der Waals surface area contributed by atoms with E-state index in [1.165, 1.54) is 148 Å². The number of esters is 4.